The number of nitrogens with zero attached hydrogens (tertiary/aromatic N) is 1. The Balaban J connectivity index is 1.97. The molecule has 0 radical (unpaired) electrons. The van der Waals surface area contributed by atoms with E-state index in [0.717, 1.165) is 25.9 Å². The van der Waals surface area contributed by atoms with Crippen molar-refractivity contribution >= 4 is 6.03 Å². The van der Waals surface area contributed by atoms with Gasteiger partial charge in [0.1, 0.15) is 0 Å². The zero-order valence-corrected chi connectivity index (χ0v) is 9.11. The second kappa shape index (κ2) is 4.37. The zero-order chi connectivity index (χ0) is 10.8. The molecule has 0 aromatic heterocycles. The molecule has 1 aliphatic carbocycles. The van der Waals surface area contributed by atoms with Crippen molar-refractivity contribution in [2.24, 2.45) is 5.73 Å². The van der Waals surface area contributed by atoms with E-state index >= 15 is 0 Å². The first kappa shape index (κ1) is 10.7. The Morgan fingerprint density at radius 2 is 2.47 bits per heavy atom. The normalized spacial score (nSPS) is 36.0. The van der Waals surface area contributed by atoms with E-state index in [2.05, 4.69) is 5.32 Å². The third kappa shape index (κ3) is 1.94. The summed E-state index contributed by atoms with van der Waals surface area (Å²) in [7, 11) is 0. The Bertz CT molecular complexity index is 245. The molecule has 2 amide bonds. The Kier molecular flexibility index (Phi) is 3.11. The molecule has 0 aromatic rings. The summed E-state index contributed by atoms with van der Waals surface area (Å²) in [5, 5.41) is 2.84. The summed E-state index contributed by atoms with van der Waals surface area (Å²) in [4.78, 5) is 13.5. The van der Waals surface area contributed by atoms with Crippen molar-refractivity contribution in [3.63, 3.8) is 0 Å². The maximum atomic E-state index is 11.6. The SMILES string of the molecule is CCOC1CC(N)C1N1CCCNC1=O. The number of amides is 2. The van der Waals surface area contributed by atoms with Crippen LogP contribution in [0.2, 0.25) is 0 Å². The molecule has 86 valence electrons. The van der Waals surface area contributed by atoms with Crippen LogP contribution in [-0.2, 0) is 4.74 Å². The quantitative estimate of drug-likeness (QED) is 0.688. The largest absolute Gasteiger partial charge is 0.376 e. The fraction of sp³-hybridized carbons (Fsp3) is 0.900. The predicted octanol–water partition coefficient (Wildman–Crippen LogP) is -0.0936. The van der Waals surface area contributed by atoms with Gasteiger partial charge in [0, 0.05) is 25.7 Å². The zero-order valence-electron chi connectivity index (χ0n) is 9.11. The molecule has 1 aliphatic heterocycles. The molecule has 2 fully saturated rings. The number of ether oxygens (including phenoxy) is 1. The molecule has 5 nitrogen and oxygen atoms in total. The van der Waals surface area contributed by atoms with Gasteiger partial charge in [0.2, 0.25) is 0 Å². The highest BCUT2D eigenvalue weighted by Crippen LogP contribution is 2.28. The van der Waals surface area contributed by atoms with Crippen LogP contribution in [0.5, 0.6) is 0 Å². The van der Waals surface area contributed by atoms with Gasteiger partial charge in [-0.05, 0) is 19.8 Å². The van der Waals surface area contributed by atoms with E-state index in [4.69, 9.17) is 10.5 Å². The number of carbonyl (C=O) groups is 1. The van der Waals surface area contributed by atoms with E-state index in [0.29, 0.717) is 6.61 Å². The van der Waals surface area contributed by atoms with Crippen molar-refractivity contribution in [2.45, 2.75) is 38.0 Å². The van der Waals surface area contributed by atoms with Crippen molar-refractivity contribution in [1.29, 1.82) is 0 Å². The summed E-state index contributed by atoms with van der Waals surface area (Å²) < 4.78 is 5.56. The highest BCUT2D eigenvalue weighted by atomic mass is 16.5. The first-order chi connectivity index (χ1) is 7.24. The number of nitrogens with one attached hydrogen (secondary N) is 1. The van der Waals surface area contributed by atoms with Crippen LogP contribution in [0.1, 0.15) is 19.8 Å². The van der Waals surface area contributed by atoms with Gasteiger partial charge in [0.25, 0.3) is 0 Å². The van der Waals surface area contributed by atoms with E-state index in [1.807, 2.05) is 11.8 Å². The standard InChI is InChI=1S/C10H19N3O2/c1-2-15-8-6-7(11)9(8)13-5-3-4-12-10(13)14/h7-9H,2-6,11H2,1H3,(H,12,14). The summed E-state index contributed by atoms with van der Waals surface area (Å²) in [5.41, 5.74) is 5.93. The van der Waals surface area contributed by atoms with Gasteiger partial charge < -0.3 is 20.7 Å². The molecule has 1 saturated carbocycles. The van der Waals surface area contributed by atoms with Crippen LogP contribution in [0.15, 0.2) is 0 Å². The fourth-order valence-electron chi connectivity index (χ4n) is 2.37. The average Bonchev–Trinajstić information content (AvgIpc) is 2.21. The molecule has 1 saturated heterocycles. The highest BCUT2D eigenvalue weighted by molar-refractivity contribution is 5.75. The molecule has 0 aromatic carbocycles. The molecule has 0 spiro atoms. The molecule has 3 N–H and O–H groups in total. The van der Waals surface area contributed by atoms with Gasteiger partial charge in [-0.2, -0.15) is 0 Å². The van der Waals surface area contributed by atoms with Gasteiger partial charge in [-0.15, -0.1) is 0 Å². The molecule has 15 heavy (non-hydrogen) atoms. The van der Waals surface area contributed by atoms with Gasteiger partial charge in [-0.3, -0.25) is 0 Å². The van der Waals surface area contributed by atoms with Crippen LogP contribution in [0.4, 0.5) is 4.79 Å². The van der Waals surface area contributed by atoms with E-state index in [1.165, 1.54) is 0 Å². The summed E-state index contributed by atoms with van der Waals surface area (Å²) in [6.07, 6.45) is 1.99. The predicted molar refractivity (Wildman–Crippen MR) is 56.5 cm³/mol. The molecule has 2 aliphatic rings. The maximum Gasteiger partial charge on any atom is 0.317 e. The number of hydrogen-bond acceptors (Lipinski definition) is 3. The topological polar surface area (TPSA) is 67.6 Å². The molecule has 5 heteroatoms. The Labute approximate surface area is 89.9 Å². The Hall–Kier alpha value is -0.810. The first-order valence-corrected chi connectivity index (χ1v) is 5.65. The number of urea groups is 1. The van der Waals surface area contributed by atoms with Crippen molar-refractivity contribution < 1.29 is 9.53 Å². The van der Waals surface area contributed by atoms with Gasteiger partial charge >= 0.3 is 6.03 Å². The molecule has 3 atom stereocenters. The van der Waals surface area contributed by atoms with Crippen molar-refractivity contribution in [3.8, 4) is 0 Å². The van der Waals surface area contributed by atoms with Gasteiger partial charge in [0.15, 0.2) is 0 Å². The van der Waals surface area contributed by atoms with Crippen molar-refractivity contribution in [3.05, 3.63) is 0 Å². The third-order valence-electron chi connectivity index (χ3n) is 3.18. The third-order valence-corrected chi connectivity index (χ3v) is 3.18. The summed E-state index contributed by atoms with van der Waals surface area (Å²) >= 11 is 0. The van der Waals surface area contributed by atoms with Crippen LogP contribution < -0.4 is 11.1 Å². The fourth-order valence-corrected chi connectivity index (χ4v) is 2.37. The maximum absolute atomic E-state index is 11.6. The highest BCUT2D eigenvalue weighted by Gasteiger charge is 2.45. The van der Waals surface area contributed by atoms with Crippen LogP contribution in [0.3, 0.4) is 0 Å². The summed E-state index contributed by atoms with van der Waals surface area (Å²) in [6.45, 7) is 4.23. The van der Waals surface area contributed by atoms with Crippen LogP contribution >= 0.6 is 0 Å². The molecular formula is C10H19N3O2. The summed E-state index contributed by atoms with van der Waals surface area (Å²) in [5.74, 6) is 0. The smallest absolute Gasteiger partial charge is 0.317 e. The number of rotatable bonds is 3. The second-order valence-electron chi connectivity index (χ2n) is 4.16. The average molecular weight is 213 g/mol. The van der Waals surface area contributed by atoms with Crippen LogP contribution in [0, 0.1) is 0 Å². The lowest BCUT2D eigenvalue weighted by Gasteiger charge is -2.49. The number of carbonyl (C=O) groups excluding carboxylic acids is 1. The Morgan fingerprint density at radius 3 is 3.07 bits per heavy atom. The minimum atomic E-state index is 0.00565. The molecule has 3 unspecified atom stereocenters. The molecular weight excluding hydrogens is 194 g/mol. The van der Waals surface area contributed by atoms with Crippen LogP contribution in [-0.4, -0.2) is 48.8 Å². The molecule has 2 rings (SSSR count). The number of nitrogens with two attached hydrogens (primary N) is 1. The van der Waals surface area contributed by atoms with E-state index in [-0.39, 0.29) is 24.2 Å². The minimum Gasteiger partial charge on any atom is -0.376 e. The lowest BCUT2D eigenvalue weighted by Crippen LogP contribution is -2.68. The number of hydrogen-bond donors (Lipinski definition) is 2. The van der Waals surface area contributed by atoms with Gasteiger partial charge in [-0.1, -0.05) is 0 Å². The molecule has 1 heterocycles. The van der Waals surface area contributed by atoms with Crippen LogP contribution in [0.25, 0.3) is 0 Å². The van der Waals surface area contributed by atoms with E-state index in [1.54, 1.807) is 0 Å². The van der Waals surface area contributed by atoms with Crippen molar-refractivity contribution in [1.82, 2.24) is 10.2 Å². The van der Waals surface area contributed by atoms with Gasteiger partial charge in [-0.25, -0.2) is 4.79 Å². The summed E-state index contributed by atoms with van der Waals surface area (Å²) in [6, 6.07) is 0.154. The van der Waals surface area contributed by atoms with Gasteiger partial charge in [0.05, 0.1) is 12.1 Å². The van der Waals surface area contributed by atoms with Crippen molar-refractivity contribution in [2.75, 3.05) is 19.7 Å². The minimum absolute atomic E-state index is 0.00565. The monoisotopic (exact) mass is 213 g/mol. The second-order valence-corrected chi connectivity index (χ2v) is 4.16. The molecule has 0 bridgehead atoms. The van der Waals surface area contributed by atoms with E-state index in [9.17, 15) is 4.79 Å². The Morgan fingerprint density at radius 1 is 1.67 bits per heavy atom. The lowest BCUT2D eigenvalue weighted by atomic mass is 9.82. The lowest BCUT2D eigenvalue weighted by molar-refractivity contribution is -0.0685. The first-order valence-electron chi connectivity index (χ1n) is 5.65. The van der Waals surface area contributed by atoms with E-state index < -0.39 is 0 Å².